The lowest BCUT2D eigenvalue weighted by Gasteiger charge is -2.40. The number of esters is 1. The molecule has 2 atom stereocenters. The average molecular weight is 298 g/mol. The molecule has 0 radical (unpaired) electrons. The fourth-order valence-corrected chi connectivity index (χ4v) is 2.90. The Morgan fingerprint density at radius 2 is 1.85 bits per heavy atom. The molecule has 0 spiro atoms. The van der Waals surface area contributed by atoms with Crippen LogP contribution in [0, 0.1) is 5.92 Å². The molecule has 0 aromatic rings. The number of hydrogen-bond acceptors (Lipinski definition) is 3. The Hall–Kier alpha value is -0.873. The first-order valence-electron chi connectivity index (χ1n) is 7.18. The molecule has 4 heteroatoms. The summed E-state index contributed by atoms with van der Waals surface area (Å²) in [6.45, 7) is 20.6. The molecule has 0 aliphatic heterocycles. The van der Waals surface area contributed by atoms with Gasteiger partial charge in [-0.3, -0.25) is 4.79 Å². The van der Waals surface area contributed by atoms with Gasteiger partial charge in [-0.15, -0.1) is 13.2 Å². The summed E-state index contributed by atoms with van der Waals surface area (Å²) in [6, 6.07) is 0. The van der Waals surface area contributed by atoms with Crippen molar-refractivity contribution in [1.29, 1.82) is 0 Å². The van der Waals surface area contributed by atoms with E-state index in [1.165, 1.54) is 0 Å². The van der Waals surface area contributed by atoms with E-state index in [2.05, 4.69) is 47.0 Å². The summed E-state index contributed by atoms with van der Waals surface area (Å²) in [6.07, 6.45) is 3.65. The van der Waals surface area contributed by atoms with Gasteiger partial charge in [-0.25, -0.2) is 0 Å². The van der Waals surface area contributed by atoms with Gasteiger partial charge in [-0.2, -0.15) is 0 Å². The van der Waals surface area contributed by atoms with Crippen LogP contribution in [0.25, 0.3) is 0 Å². The molecule has 0 bridgehead atoms. The van der Waals surface area contributed by atoms with Crippen LogP contribution >= 0.6 is 0 Å². The number of hydrogen-bond donors (Lipinski definition) is 0. The van der Waals surface area contributed by atoms with E-state index in [-0.39, 0.29) is 23.0 Å². The third-order valence-electron chi connectivity index (χ3n) is 3.88. The minimum atomic E-state index is -1.96. The maximum atomic E-state index is 12.1. The van der Waals surface area contributed by atoms with E-state index in [9.17, 15) is 4.79 Å². The highest BCUT2D eigenvalue weighted by Crippen LogP contribution is 2.38. The van der Waals surface area contributed by atoms with Gasteiger partial charge >= 0.3 is 5.97 Å². The Bertz CT molecular complexity index is 342. The van der Waals surface area contributed by atoms with Crippen LogP contribution in [0.1, 0.15) is 34.1 Å². The monoisotopic (exact) mass is 298 g/mol. The minimum Gasteiger partial charge on any atom is -0.466 e. The molecule has 3 nitrogen and oxygen atoms in total. The van der Waals surface area contributed by atoms with Gasteiger partial charge in [0.15, 0.2) is 8.32 Å². The molecular formula is C16H30O3Si. The van der Waals surface area contributed by atoms with E-state index in [4.69, 9.17) is 9.16 Å². The maximum absolute atomic E-state index is 12.1. The van der Waals surface area contributed by atoms with Crippen molar-refractivity contribution in [2.75, 3.05) is 6.61 Å². The number of allylic oxidation sites excluding steroid dienone is 1. The summed E-state index contributed by atoms with van der Waals surface area (Å²) in [5.74, 6) is -0.602. The molecular weight excluding hydrogens is 268 g/mol. The van der Waals surface area contributed by atoms with Gasteiger partial charge in [0.2, 0.25) is 0 Å². The predicted octanol–water partition coefficient (Wildman–Crippen LogP) is 4.32. The lowest BCUT2D eigenvalue weighted by molar-refractivity contribution is -0.150. The van der Waals surface area contributed by atoms with E-state index in [1.54, 1.807) is 19.1 Å². The van der Waals surface area contributed by atoms with Crippen LogP contribution in [0.15, 0.2) is 25.3 Å². The minimum absolute atomic E-state index is 0.0850. The Kier molecular flexibility index (Phi) is 7.45. The molecule has 0 aliphatic carbocycles. The summed E-state index contributed by atoms with van der Waals surface area (Å²) in [5.41, 5.74) is 0. The van der Waals surface area contributed by atoms with Crippen LogP contribution in [0.5, 0.6) is 0 Å². The van der Waals surface area contributed by atoms with Crippen LogP contribution in [0.4, 0.5) is 0 Å². The zero-order valence-electron chi connectivity index (χ0n) is 13.9. The van der Waals surface area contributed by atoms with E-state index >= 15 is 0 Å². The van der Waals surface area contributed by atoms with Gasteiger partial charge in [0.1, 0.15) is 0 Å². The van der Waals surface area contributed by atoms with Gasteiger partial charge in [0.05, 0.1) is 18.6 Å². The maximum Gasteiger partial charge on any atom is 0.312 e. The molecule has 0 N–H and O–H groups in total. The molecule has 20 heavy (non-hydrogen) atoms. The lowest BCUT2D eigenvalue weighted by Crippen LogP contribution is -2.46. The van der Waals surface area contributed by atoms with Gasteiger partial charge in [0, 0.05) is 0 Å². The second-order valence-electron chi connectivity index (χ2n) is 6.46. The normalized spacial score (nSPS) is 15.3. The molecule has 0 aromatic carbocycles. The number of carbonyl (C=O) groups excluding carboxylic acids is 1. The average Bonchev–Trinajstić information content (AvgIpc) is 2.32. The van der Waals surface area contributed by atoms with Crippen molar-refractivity contribution < 1.29 is 14.0 Å². The molecule has 116 valence electrons. The Balaban J connectivity index is 5.14. The standard InChI is InChI=1S/C16H30O3Si/c1-9-12-13(15(17)18-11-3)14(10-2)19-20(7,8)16(4,5)6/h9-10,13-14H,1-2,11-12H2,3-8H3. The van der Waals surface area contributed by atoms with Crippen LogP contribution in [-0.2, 0) is 14.0 Å². The second-order valence-corrected chi connectivity index (χ2v) is 11.2. The van der Waals surface area contributed by atoms with Gasteiger partial charge in [0.25, 0.3) is 0 Å². The summed E-state index contributed by atoms with van der Waals surface area (Å²) >= 11 is 0. The molecule has 0 heterocycles. The number of ether oxygens (including phenoxy) is 1. The molecule has 0 saturated heterocycles. The van der Waals surface area contributed by atoms with E-state index < -0.39 is 8.32 Å². The predicted molar refractivity (Wildman–Crippen MR) is 87.2 cm³/mol. The highest BCUT2D eigenvalue weighted by Gasteiger charge is 2.41. The molecule has 0 fully saturated rings. The summed E-state index contributed by atoms with van der Waals surface area (Å²) in [4.78, 5) is 12.1. The van der Waals surface area contributed by atoms with E-state index in [1.807, 2.05) is 0 Å². The fraction of sp³-hybridized carbons (Fsp3) is 0.688. The first kappa shape index (κ1) is 19.1. The lowest BCUT2D eigenvalue weighted by atomic mass is 9.99. The van der Waals surface area contributed by atoms with Crippen LogP contribution in [0.2, 0.25) is 18.1 Å². The Morgan fingerprint density at radius 1 is 1.30 bits per heavy atom. The largest absolute Gasteiger partial charge is 0.466 e. The van der Waals surface area contributed by atoms with Gasteiger partial charge in [-0.05, 0) is 31.5 Å². The highest BCUT2D eigenvalue weighted by molar-refractivity contribution is 6.74. The Morgan fingerprint density at radius 3 is 2.20 bits per heavy atom. The fourth-order valence-electron chi connectivity index (χ4n) is 1.60. The van der Waals surface area contributed by atoms with Crippen molar-refractivity contribution in [3.8, 4) is 0 Å². The summed E-state index contributed by atoms with van der Waals surface area (Å²) in [5, 5.41) is 0.0850. The third-order valence-corrected chi connectivity index (χ3v) is 8.35. The van der Waals surface area contributed by atoms with Crippen LogP contribution < -0.4 is 0 Å². The van der Waals surface area contributed by atoms with Gasteiger partial charge < -0.3 is 9.16 Å². The van der Waals surface area contributed by atoms with E-state index in [0.717, 1.165) is 0 Å². The molecule has 0 amide bonds. The molecule has 0 saturated carbocycles. The summed E-state index contributed by atoms with van der Waals surface area (Å²) < 4.78 is 11.4. The molecule has 2 unspecified atom stereocenters. The first-order valence-corrected chi connectivity index (χ1v) is 10.1. The van der Waals surface area contributed by atoms with Crippen molar-refractivity contribution in [2.45, 2.75) is 58.4 Å². The molecule has 0 rings (SSSR count). The van der Waals surface area contributed by atoms with Gasteiger partial charge in [-0.1, -0.05) is 32.9 Å². The van der Waals surface area contributed by atoms with Crippen molar-refractivity contribution in [3.05, 3.63) is 25.3 Å². The smallest absolute Gasteiger partial charge is 0.312 e. The molecule has 0 aromatic heterocycles. The first-order chi connectivity index (χ1) is 9.10. The summed E-state index contributed by atoms with van der Waals surface area (Å²) in [7, 11) is -1.96. The topological polar surface area (TPSA) is 35.5 Å². The van der Waals surface area contributed by atoms with Crippen LogP contribution in [-0.4, -0.2) is 27.0 Å². The SMILES string of the molecule is C=CCC(C(=O)OCC)C(C=C)O[Si](C)(C)C(C)(C)C. The van der Waals surface area contributed by atoms with E-state index in [0.29, 0.717) is 13.0 Å². The zero-order chi connectivity index (χ0) is 16.0. The quantitative estimate of drug-likeness (QED) is 0.380. The number of carbonyl (C=O) groups is 1. The second kappa shape index (κ2) is 7.79. The highest BCUT2D eigenvalue weighted by atomic mass is 28.4. The van der Waals surface area contributed by atoms with Crippen molar-refractivity contribution in [1.82, 2.24) is 0 Å². The van der Waals surface area contributed by atoms with Crippen molar-refractivity contribution >= 4 is 14.3 Å². The Labute approximate surface area is 125 Å². The number of rotatable bonds is 8. The third kappa shape index (κ3) is 5.25. The van der Waals surface area contributed by atoms with Crippen molar-refractivity contribution in [2.24, 2.45) is 5.92 Å². The zero-order valence-corrected chi connectivity index (χ0v) is 14.9. The molecule has 0 aliphatic rings. The van der Waals surface area contributed by atoms with Crippen molar-refractivity contribution in [3.63, 3.8) is 0 Å². The van der Waals surface area contributed by atoms with Crippen LogP contribution in [0.3, 0.4) is 0 Å².